The number of amides is 2. The van der Waals surface area contributed by atoms with E-state index in [2.05, 4.69) is 10.6 Å². The number of carbonyl (C=O) groups excluding carboxylic acids is 3. The topological polar surface area (TPSA) is 84.5 Å². The molecule has 142 valence electrons. The number of hydrogen-bond donors (Lipinski definition) is 2. The van der Waals surface area contributed by atoms with Crippen LogP contribution < -0.4 is 10.6 Å². The minimum atomic E-state index is -0.575. The normalized spacial score (nSPS) is 15.3. The summed E-state index contributed by atoms with van der Waals surface area (Å²) in [6, 6.07) is 6.46. The molecule has 1 aromatic carbocycles. The molecular weight excluding hydrogens is 356 g/mol. The molecule has 0 spiro atoms. The van der Waals surface area contributed by atoms with Crippen molar-refractivity contribution >= 4 is 29.4 Å². The van der Waals surface area contributed by atoms with E-state index in [0.717, 1.165) is 25.7 Å². The predicted molar refractivity (Wildman–Crippen MR) is 98.6 cm³/mol. The maximum Gasteiger partial charge on any atom is 0.307 e. The quantitative estimate of drug-likeness (QED) is 0.679. The summed E-state index contributed by atoms with van der Waals surface area (Å²) >= 11 is 6.19. The number of esters is 1. The molecule has 1 fully saturated rings. The van der Waals surface area contributed by atoms with E-state index in [9.17, 15) is 14.4 Å². The average molecular weight is 381 g/mol. The zero-order chi connectivity index (χ0) is 18.9. The van der Waals surface area contributed by atoms with Crippen molar-refractivity contribution in [1.82, 2.24) is 10.6 Å². The molecule has 1 saturated carbocycles. The van der Waals surface area contributed by atoms with Crippen LogP contribution in [0.2, 0.25) is 5.02 Å². The van der Waals surface area contributed by atoms with Gasteiger partial charge in [0, 0.05) is 23.9 Å². The number of carbonyl (C=O) groups is 3. The van der Waals surface area contributed by atoms with E-state index >= 15 is 0 Å². The van der Waals surface area contributed by atoms with Gasteiger partial charge >= 0.3 is 5.97 Å². The van der Waals surface area contributed by atoms with Crippen LogP contribution in [0.3, 0.4) is 0 Å². The number of methoxy groups -OCH3 is 1. The van der Waals surface area contributed by atoms with Crippen LogP contribution >= 0.6 is 11.6 Å². The summed E-state index contributed by atoms with van der Waals surface area (Å²) in [6.07, 6.45) is 4.15. The second-order valence-electron chi connectivity index (χ2n) is 6.44. The molecule has 2 amide bonds. The molecule has 1 aromatic rings. The van der Waals surface area contributed by atoms with E-state index in [0.29, 0.717) is 10.6 Å². The fourth-order valence-corrected chi connectivity index (χ4v) is 3.41. The highest BCUT2D eigenvalue weighted by molar-refractivity contribution is 6.31. The first-order valence-corrected chi connectivity index (χ1v) is 9.27. The van der Waals surface area contributed by atoms with Crippen LogP contribution in [0.5, 0.6) is 0 Å². The largest absolute Gasteiger partial charge is 0.469 e. The lowest BCUT2D eigenvalue weighted by molar-refractivity contribution is -0.141. The summed E-state index contributed by atoms with van der Waals surface area (Å²) in [6.45, 7) is 0.272. The Bertz CT molecular complexity index is 644. The summed E-state index contributed by atoms with van der Waals surface area (Å²) < 4.78 is 4.70. The molecule has 6 nitrogen and oxygen atoms in total. The zero-order valence-electron chi connectivity index (χ0n) is 14.9. The van der Waals surface area contributed by atoms with Crippen molar-refractivity contribution < 1.29 is 19.1 Å². The fraction of sp³-hybridized carbons (Fsp3) is 0.526. The van der Waals surface area contributed by atoms with Gasteiger partial charge in [0.05, 0.1) is 19.6 Å². The molecule has 7 heteroatoms. The van der Waals surface area contributed by atoms with Crippen molar-refractivity contribution in [2.24, 2.45) is 5.92 Å². The number of ether oxygens (including phenoxy) is 1. The number of benzene rings is 1. The van der Waals surface area contributed by atoms with Crippen molar-refractivity contribution in [3.63, 3.8) is 0 Å². The fourth-order valence-electron chi connectivity index (χ4n) is 3.14. The van der Waals surface area contributed by atoms with Crippen LogP contribution in [0.25, 0.3) is 0 Å². The van der Waals surface area contributed by atoms with Gasteiger partial charge in [-0.05, 0) is 24.5 Å². The highest BCUT2D eigenvalue weighted by atomic mass is 35.5. The van der Waals surface area contributed by atoms with E-state index in [1.165, 1.54) is 7.11 Å². The SMILES string of the molecule is COC(=O)CC(NC(=O)CCNC(=O)C1CCCC1)c1ccccc1Cl. The minimum Gasteiger partial charge on any atom is -0.469 e. The maximum absolute atomic E-state index is 12.3. The van der Waals surface area contributed by atoms with E-state index in [-0.39, 0.29) is 37.1 Å². The van der Waals surface area contributed by atoms with Gasteiger partial charge in [0.25, 0.3) is 0 Å². The molecule has 2 rings (SSSR count). The lowest BCUT2D eigenvalue weighted by atomic mass is 10.0. The average Bonchev–Trinajstić information content (AvgIpc) is 3.16. The summed E-state index contributed by atoms with van der Waals surface area (Å²) in [4.78, 5) is 35.9. The summed E-state index contributed by atoms with van der Waals surface area (Å²) in [5.41, 5.74) is 0.655. The Kier molecular flexibility index (Phi) is 7.91. The Morgan fingerprint density at radius 1 is 1.23 bits per heavy atom. The third-order valence-corrected chi connectivity index (χ3v) is 4.94. The molecular formula is C19H25ClN2O4. The number of halogens is 1. The molecule has 0 aliphatic heterocycles. The highest BCUT2D eigenvalue weighted by Gasteiger charge is 2.23. The van der Waals surface area contributed by atoms with Gasteiger partial charge in [0.15, 0.2) is 0 Å². The molecule has 0 bridgehead atoms. The van der Waals surface area contributed by atoms with Gasteiger partial charge in [0.2, 0.25) is 11.8 Å². The van der Waals surface area contributed by atoms with E-state index in [4.69, 9.17) is 16.3 Å². The van der Waals surface area contributed by atoms with Crippen LogP contribution in [-0.2, 0) is 19.1 Å². The lowest BCUT2D eigenvalue weighted by Crippen LogP contribution is -2.35. The van der Waals surface area contributed by atoms with Crippen LogP contribution in [0.4, 0.5) is 0 Å². The molecule has 0 aromatic heterocycles. The van der Waals surface area contributed by atoms with Gasteiger partial charge in [-0.3, -0.25) is 14.4 Å². The van der Waals surface area contributed by atoms with Gasteiger partial charge in [-0.2, -0.15) is 0 Å². The Labute approximate surface area is 158 Å². The molecule has 0 saturated heterocycles. The second kappa shape index (κ2) is 10.2. The standard InChI is InChI=1S/C19H25ClN2O4/c1-26-18(24)12-16(14-8-4-5-9-15(14)20)22-17(23)10-11-21-19(25)13-6-2-3-7-13/h4-5,8-9,13,16H,2-3,6-7,10-12H2,1H3,(H,21,25)(H,22,23). The van der Waals surface area contributed by atoms with Crippen LogP contribution in [-0.4, -0.2) is 31.4 Å². The predicted octanol–water partition coefficient (Wildman–Crippen LogP) is 2.76. The van der Waals surface area contributed by atoms with Crippen LogP contribution in [0, 0.1) is 5.92 Å². The first kappa shape index (κ1) is 20.2. The number of rotatable bonds is 8. The molecule has 1 unspecified atom stereocenters. The summed E-state index contributed by atoms with van der Waals surface area (Å²) in [7, 11) is 1.30. The third kappa shape index (κ3) is 6.02. The van der Waals surface area contributed by atoms with Crippen LogP contribution in [0.1, 0.15) is 50.1 Å². The van der Waals surface area contributed by atoms with Crippen molar-refractivity contribution in [3.8, 4) is 0 Å². The maximum atomic E-state index is 12.3. The minimum absolute atomic E-state index is 0.0135. The number of hydrogen-bond acceptors (Lipinski definition) is 4. The molecule has 1 aliphatic rings. The molecule has 0 heterocycles. The Morgan fingerprint density at radius 2 is 1.92 bits per heavy atom. The summed E-state index contributed by atoms with van der Waals surface area (Å²) in [5, 5.41) is 6.09. The molecule has 26 heavy (non-hydrogen) atoms. The van der Waals surface area contributed by atoms with Gasteiger partial charge in [0.1, 0.15) is 0 Å². The Morgan fingerprint density at radius 3 is 2.58 bits per heavy atom. The van der Waals surface area contributed by atoms with E-state index in [1.807, 2.05) is 0 Å². The van der Waals surface area contributed by atoms with Crippen LogP contribution in [0.15, 0.2) is 24.3 Å². The first-order valence-electron chi connectivity index (χ1n) is 8.89. The van der Waals surface area contributed by atoms with Gasteiger partial charge in [-0.15, -0.1) is 0 Å². The van der Waals surface area contributed by atoms with Gasteiger partial charge in [-0.1, -0.05) is 42.6 Å². The molecule has 0 radical (unpaired) electrons. The van der Waals surface area contributed by atoms with Crippen molar-refractivity contribution in [2.45, 2.75) is 44.6 Å². The van der Waals surface area contributed by atoms with E-state index in [1.54, 1.807) is 24.3 Å². The van der Waals surface area contributed by atoms with E-state index < -0.39 is 12.0 Å². The Balaban J connectivity index is 1.88. The lowest BCUT2D eigenvalue weighted by Gasteiger charge is -2.19. The first-order chi connectivity index (χ1) is 12.5. The molecule has 2 N–H and O–H groups in total. The monoisotopic (exact) mass is 380 g/mol. The molecule has 1 aliphatic carbocycles. The molecule has 1 atom stereocenters. The summed E-state index contributed by atoms with van der Waals surface area (Å²) in [5.74, 6) is -0.601. The highest BCUT2D eigenvalue weighted by Crippen LogP contribution is 2.26. The second-order valence-corrected chi connectivity index (χ2v) is 6.85. The van der Waals surface area contributed by atoms with Crippen molar-refractivity contribution in [3.05, 3.63) is 34.9 Å². The van der Waals surface area contributed by atoms with Crippen molar-refractivity contribution in [1.29, 1.82) is 0 Å². The zero-order valence-corrected chi connectivity index (χ0v) is 15.7. The number of nitrogens with one attached hydrogen (secondary N) is 2. The Hall–Kier alpha value is -2.08. The third-order valence-electron chi connectivity index (χ3n) is 4.59. The van der Waals surface area contributed by atoms with Gasteiger partial charge < -0.3 is 15.4 Å². The van der Waals surface area contributed by atoms with Gasteiger partial charge in [-0.25, -0.2) is 0 Å². The smallest absolute Gasteiger partial charge is 0.307 e. The van der Waals surface area contributed by atoms with Crippen molar-refractivity contribution in [2.75, 3.05) is 13.7 Å².